The van der Waals surface area contributed by atoms with Crippen LogP contribution in [0.1, 0.15) is 24.0 Å². The average molecular weight is 264 g/mol. The summed E-state index contributed by atoms with van der Waals surface area (Å²) in [5.41, 5.74) is 7.63. The molecule has 1 aliphatic rings. The van der Waals surface area contributed by atoms with E-state index in [1.165, 1.54) is 12.1 Å². The van der Waals surface area contributed by atoms with Gasteiger partial charge in [-0.15, -0.1) is 0 Å². The first-order valence-electron chi connectivity index (χ1n) is 6.85. The Bertz CT molecular complexity index is 455. The molecule has 4 heteroatoms. The molecule has 104 valence electrons. The summed E-state index contributed by atoms with van der Waals surface area (Å²) in [7, 11) is 0. The molecule has 1 heterocycles. The SMILES string of the molecule is Cc1cc(F)ccc1CC(CN)C(=O)N1CCCC1. The maximum absolute atomic E-state index is 13.1. The van der Waals surface area contributed by atoms with Crippen LogP contribution in [-0.2, 0) is 11.2 Å². The van der Waals surface area contributed by atoms with Gasteiger partial charge in [-0.05, 0) is 49.4 Å². The quantitative estimate of drug-likeness (QED) is 0.902. The van der Waals surface area contributed by atoms with Gasteiger partial charge in [0.05, 0.1) is 5.92 Å². The number of nitrogens with zero attached hydrogens (tertiary/aromatic N) is 1. The summed E-state index contributed by atoms with van der Waals surface area (Å²) in [4.78, 5) is 14.2. The summed E-state index contributed by atoms with van der Waals surface area (Å²) in [5.74, 6) is -0.289. The Labute approximate surface area is 113 Å². The predicted molar refractivity (Wildman–Crippen MR) is 73.2 cm³/mol. The van der Waals surface area contributed by atoms with Crippen molar-refractivity contribution in [3.63, 3.8) is 0 Å². The van der Waals surface area contributed by atoms with Crippen LogP contribution >= 0.6 is 0 Å². The molecule has 3 nitrogen and oxygen atoms in total. The van der Waals surface area contributed by atoms with E-state index < -0.39 is 0 Å². The van der Waals surface area contributed by atoms with Crippen molar-refractivity contribution in [1.82, 2.24) is 4.90 Å². The Hall–Kier alpha value is -1.42. The third-order valence-electron chi connectivity index (χ3n) is 3.82. The van der Waals surface area contributed by atoms with Gasteiger partial charge in [-0.3, -0.25) is 4.79 Å². The Morgan fingerprint density at radius 3 is 2.68 bits per heavy atom. The van der Waals surface area contributed by atoms with Gasteiger partial charge in [0.1, 0.15) is 5.82 Å². The molecule has 0 aliphatic carbocycles. The van der Waals surface area contributed by atoms with Crippen molar-refractivity contribution in [2.75, 3.05) is 19.6 Å². The molecule has 1 unspecified atom stereocenters. The van der Waals surface area contributed by atoms with E-state index in [1.54, 1.807) is 6.07 Å². The van der Waals surface area contributed by atoms with Gasteiger partial charge in [-0.2, -0.15) is 0 Å². The summed E-state index contributed by atoms with van der Waals surface area (Å²) >= 11 is 0. The molecule has 1 saturated heterocycles. The molecular weight excluding hydrogens is 243 g/mol. The second-order valence-corrected chi connectivity index (χ2v) is 5.24. The number of carbonyl (C=O) groups excluding carboxylic acids is 1. The first-order chi connectivity index (χ1) is 9.11. The molecule has 0 aromatic heterocycles. The number of hydrogen-bond donors (Lipinski definition) is 1. The molecule has 0 saturated carbocycles. The molecule has 2 N–H and O–H groups in total. The van der Waals surface area contributed by atoms with Crippen molar-refractivity contribution < 1.29 is 9.18 Å². The van der Waals surface area contributed by atoms with Gasteiger partial charge in [-0.1, -0.05) is 6.07 Å². The molecule has 1 aliphatic heterocycles. The van der Waals surface area contributed by atoms with Gasteiger partial charge in [0.2, 0.25) is 5.91 Å². The second-order valence-electron chi connectivity index (χ2n) is 5.24. The summed E-state index contributed by atoms with van der Waals surface area (Å²) in [6, 6.07) is 4.70. The third-order valence-corrected chi connectivity index (χ3v) is 3.82. The van der Waals surface area contributed by atoms with Crippen molar-refractivity contribution in [3.05, 3.63) is 35.1 Å². The smallest absolute Gasteiger partial charge is 0.227 e. The summed E-state index contributed by atoms with van der Waals surface area (Å²) < 4.78 is 13.1. The minimum Gasteiger partial charge on any atom is -0.342 e. The number of halogens is 1. The fourth-order valence-electron chi connectivity index (χ4n) is 2.62. The van der Waals surface area contributed by atoms with E-state index >= 15 is 0 Å². The maximum Gasteiger partial charge on any atom is 0.227 e. The topological polar surface area (TPSA) is 46.3 Å². The van der Waals surface area contributed by atoms with Gasteiger partial charge in [-0.25, -0.2) is 4.39 Å². The highest BCUT2D eigenvalue weighted by Crippen LogP contribution is 2.18. The number of benzene rings is 1. The van der Waals surface area contributed by atoms with Gasteiger partial charge < -0.3 is 10.6 Å². The number of nitrogens with two attached hydrogens (primary N) is 1. The van der Waals surface area contributed by atoms with E-state index in [-0.39, 0.29) is 17.6 Å². The fourth-order valence-corrected chi connectivity index (χ4v) is 2.62. The zero-order chi connectivity index (χ0) is 13.8. The lowest BCUT2D eigenvalue weighted by Gasteiger charge is -2.22. The van der Waals surface area contributed by atoms with Crippen molar-refractivity contribution in [3.8, 4) is 0 Å². The van der Waals surface area contributed by atoms with Crippen LogP contribution in [-0.4, -0.2) is 30.4 Å². The van der Waals surface area contributed by atoms with E-state index in [9.17, 15) is 9.18 Å². The van der Waals surface area contributed by atoms with Crippen LogP contribution in [0.15, 0.2) is 18.2 Å². The summed E-state index contributed by atoms with van der Waals surface area (Å²) in [5, 5.41) is 0. The molecule has 2 rings (SSSR count). The highest BCUT2D eigenvalue weighted by molar-refractivity contribution is 5.79. The van der Waals surface area contributed by atoms with E-state index in [0.29, 0.717) is 13.0 Å². The van der Waals surface area contributed by atoms with Crippen molar-refractivity contribution in [1.29, 1.82) is 0 Å². The minimum atomic E-state index is -0.239. The zero-order valence-electron chi connectivity index (χ0n) is 11.4. The Balaban J connectivity index is 2.07. The molecule has 1 amide bonds. The molecule has 0 bridgehead atoms. The summed E-state index contributed by atoms with van der Waals surface area (Å²) in [6.07, 6.45) is 2.76. The largest absolute Gasteiger partial charge is 0.342 e. The summed E-state index contributed by atoms with van der Waals surface area (Å²) in [6.45, 7) is 3.90. The molecule has 0 spiro atoms. The lowest BCUT2D eigenvalue weighted by Crippen LogP contribution is -2.38. The molecule has 0 radical (unpaired) electrons. The van der Waals surface area contributed by atoms with Crippen LogP contribution in [0.25, 0.3) is 0 Å². The number of amides is 1. The Morgan fingerprint density at radius 2 is 2.11 bits per heavy atom. The number of rotatable bonds is 4. The van der Waals surface area contributed by atoms with E-state index in [2.05, 4.69) is 0 Å². The molecule has 1 atom stereocenters. The first kappa shape index (κ1) is 14.0. The minimum absolute atomic E-state index is 0.142. The number of hydrogen-bond acceptors (Lipinski definition) is 2. The van der Waals surface area contributed by atoms with Gasteiger partial charge >= 0.3 is 0 Å². The van der Waals surface area contributed by atoms with Crippen LogP contribution in [0.5, 0.6) is 0 Å². The number of likely N-dealkylation sites (tertiary alicyclic amines) is 1. The Kier molecular flexibility index (Phi) is 4.53. The average Bonchev–Trinajstić information content (AvgIpc) is 2.91. The molecule has 19 heavy (non-hydrogen) atoms. The normalized spacial score (nSPS) is 16.7. The standard InChI is InChI=1S/C15H21FN2O/c1-11-8-14(16)5-4-12(11)9-13(10-17)15(19)18-6-2-3-7-18/h4-5,8,13H,2-3,6-7,9-10,17H2,1H3. The van der Waals surface area contributed by atoms with Crippen LogP contribution in [0, 0.1) is 18.7 Å². The highest BCUT2D eigenvalue weighted by Gasteiger charge is 2.25. The highest BCUT2D eigenvalue weighted by atomic mass is 19.1. The number of carbonyl (C=O) groups is 1. The second kappa shape index (κ2) is 6.15. The van der Waals surface area contributed by atoms with Crippen LogP contribution in [0.3, 0.4) is 0 Å². The third kappa shape index (κ3) is 3.32. The molecule has 1 aromatic rings. The molecule has 1 aromatic carbocycles. The number of aryl methyl sites for hydroxylation is 1. The molecular formula is C15H21FN2O. The van der Waals surface area contributed by atoms with Crippen LogP contribution in [0.2, 0.25) is 0 Å². The van der Waals surface area contributed by atoms with Gasteiger partial charge in [0, 0.05) is 19.6 Å². The maximum atomic E-state index is 13.1. The lowest BCUT2D eigenvalue weighted by atomic mass is 9.95. The predicted octanol–water partition coefficient (Wildman–Crippen LogP) is 1.87. The van der Waals surface area contributed by atoms with E-state index in [1.807, 2.05) is 11.8 Å². The van der Waals surface area contributed by atoms with Crippen LogP contribution in [0.4, 0.5) is 4.39 Å². The zero-order valence-corrected chi connectivity index (χ0v) is 11.4. The van der Waals surface area contributed by atoms with Crippen molar-refractivity contribution in [2.24, 2.45) is 11.7 Å². The van der Waals surface area contributed by atoms with Crippen molar-refractivity contribution in [2.45, 2.75) is 26.2 Å². The van der Waals surface area contributed by atoms with Crippen LogP contribution < -0.4 is 5.73 Å². The van der Waals surface area contributed by atoms with Crippen molar-refractivity contribution >= 4 is 5.91 Å². The van der Waals surface area contributed by atoms with E-state index in [0.717, 1.165) is 37.1 Å². The monoisotopic (exact) mass is 264 g/mol. The lowest BCUT2D eigenvalue weighted by molar-refractivity contribution is -0.134. The fraction of sp³-hybridized carbons (Fsp3) is 0.533. The van der Waals surface area contributed by atoms with E-state index in [4.69, 9.17) is 5.73 Å². The van der Waals surface area contributed by atoms with Gasteiger partial charge in [0.15, 0.2) is 0 Å². The molecule has 1 fully saturated rings. The van der Waals surface area contributed by atoms with Gasteiger partial charge in [0.25, 0.3) is 0 Å². The first-order valence-corrected chi connectivity index (χ1v) is 6.85. The Morgan fingerprint density at radius 1 is 1.42 bits per heavy atom.